The van der Waals surface area contributed by atoms with Crippen molar-refractivity contribution in [2.24, 2.45) is 0 Å². The van der Waals surface area contributed by atoms with Gasteiger partial charge in [-0.05, 0) is 60.4 Å². The molecule has 0 aliphatic carbocycles. The average molecular weight is 533 g/mol. The van der Waals surface area contributed by atoms with E-state index in [0.717, 1.165) is 29.7 Å². The summed E-state index contributed by atoms with van der Waals surface area (Å²) in [5, 5.41) is 2.03. The van der Waals surface area contributed by atoms with Crippen LogP contribution >= 0.6 is 11.3 Å². The zero-order chi connectivity index (χ0) is 26.6. The maximum absolute atomic E-state index is 13.7. The van der Waals surface area contributed by atoms with Crippen molar-refractivity contribution in [3.05, 3.63) is 93.7 Å². The van der Waals surface area contributed by atoms with Crippen molar-refractivity contribution in [2.45, 2.75) is 71.1 Å². The summed E-state index contributed by atoms with van der Waals surface area (Å²) >= 11 is 1.64. The maximum Gasteiger partial charge on any atom is 0.254 e. The minimum Gasteiger partial charge on any atom is -0.376 e. The number of nitrogens with zero attached hydrogens (tertiary/aromatic N) is 2. The predicted octanol–water partition coefficient (Wildman–Crippen LogP) is 6.72. The van der Waals surface area contributed by atoms with E-state index >= 15 is 0 Å². The second kappa shape index (κ2) is 14.8. The molecule has 4 rings (SSSR count). The first-order valence-electron chi connectivity index (χ1n) is 14.0. The largest absolute Gasteiger partial charge is 0.376 e. The maximum atomic E-state index is 13.7. The van der Waals surface area contributed by atoms with Crippen LogP contribution in [0, 0.1) is 0 Å². The van der Waals surface area contributed by atoms with Crippen molar-refractivity contribution in [3.8, 4) is 0 Å². The molecule has 1 aliphatic rings. The van der Waals surface area contributed by atoms with Crippen molar-refractivity contribution in [3.63, 3.8) is 0 Å². The van der Waals surface area contributed by atoms with Gasteiger partial charge in [-0.3, -0.25) is 9.59 Å². The Kier molecular flexibility index (Phi) is 11.0. The van der Waals surface area contributed by atoms with Crippen molar-refractivity contribution in [1.29, 1.82) is 0 Å². The van der Waals surface area contributed by atoms with Gasteiger partial charge in [0.15, 0.2) is 0 Å². The van der Waals surface area contributed by atoms with E-state index in [2.05, 4.69) is 25.1 Å². The first-order chi connectivity index (χ1) is 18.6. The second-order valence-corrected chi connectivity index (χ2v) is 11.2. The van der Waals surface area contributed by atoms with E-state index in [9.17, 15) is 9.59 Å². The van der Waals surface area contributed by atoms with E-state index in [1.807, 2.05) is 58.8 Å². The molecule has 5 nitrogen and oxygen atoms in total. The van der Waals surface area contributed by atoms with Gasteiger partial charge in [0.25, 0.3) is 5.91 Å². The zero-order valence-corrected chi connectivity index (χ0v) is 23.3. The molecule has 2 heterocycles. The van der Waals surface area contributed by atoms with E-state index in [1.54, 1.807) is 16.2 Å². The van der Waals surface area contributed by atoms with Crippen LogP contribution in [0.1, 0.15) is 71.8 Å². The molecule has 2 amide bonds. The van der Waals surface area contributed by atoms with Gasteiger partial charge in [0, 0.05) is 30.1 Å². The molecule has 2 aromatic carbocycles. The molecule has 1 fully saturated rings. The Balaban J connectivity index is 1.47. The molecule has 38 heavy (non-hydrogen) atoms. The summed E-state index contributed by atoms with van der Waals surface area (Å²) in [6.45, 7) is 4.44. The van der Waals surface area contributed by atoms with Crippen molar-refractivity contribution in [1.82, 2.24) is 9.80 Å². The number of carbonyl (C=O) groups is 2. The number of carbonyl (C=O) groups excluding carboxylic acids is 2. The van der Waals surface area contributed by atoms with E-state index in [4.69, 9.17) is 4.74 Å². The summed E-state index contributed by atoms with van der Waals surface area (Å²) in [4.78, 5) is 32.1. The lowest BCUT2D eigenvalue weighted by Gasteiger charge is -2.29. The Bertz CT molecular complexity index is 1110. The lowest BCUT2D eigenvalue weighted by Crippen LogP contribution is -2.45. The highest BCUT2D eigenvalue weighted by molar-refractivity contribution is 7.09. The van der Waals surface area contributed by atoms with Crippen LogP contribution in [0.25, 0.3) is 0 Å². The van der Waals surface area contributed by atoms with Crippen LogP contribution in [0.5, 0.6) is 0 Å². The van der Waals surface area contributed by atoms with Crippen LogP contribution in [-0.4, -0.2) is 47.4 Å². The molecule has 3 aromatic rings. The monoisotopic (exact) mass is 532 g/mol. The Morgan fingerprint density at radius 1 is 0.895 bits per heavy atom. The first kappa shape index (κ1) is 28.1. The first-order valence-corrected chi connectivity index (χ1v) is 14.8. The molecular formula is C32H40N2O3S. The predicted molar refractivity (Wildman–Crippen MR) is 154 cm³/mol. The summed E-state index contributed by atoms with van der Waals surface area (Å²) in [5.74, 6) is -0.164. The highest BCUT2D eigenvalue weighted by atomic mass is 32.1. The highest BCUT2D eigenvalue weighted by Gasteiger charge is 2.27. The third kappa shape index (κ3) is 8.53. The van der Waals surface area contributed by atoms with Gasteiger partial charge in [0.2, 0.25) is 5.91 Å². The SMILES string of the molecule is CCCCCCc1ccc(C(=O)N(CC(=O)N(Cc2ccccc2)Cc2cccs2)CC2CCCO2)cc1. The van der Waals surface area contributed by atoms with E-state index in [1.165, 1.54) is 31.2 Å². The van der Waals surface area contributed by atoms with Gasteiger partial charge in [-0.15, -0.1) is 11.3 Å². The molecule has 0 N–H and O–H groups in total. The van der Waals surface area contributed by atoms with Crippen LogP contribution in [0.4, 0.5) is 0 Å². The Hall–Kier alpha value is -2.96. The molecule has 1 unspecified atom stereocenters. The summed E-state index contributed by atoms with van der Waals surface area (Å²) in [5.41, 5.74) is 2.95. The van der Waals surface area contributed by atoms with E-state index in [-0.39, 0.29) is 24.5 Å². The number of hydrogen-bond acceptors (Lipinski definition) is 4. The summed E-state index contributed by atoms with van der Waals surface area (Å²) in [6.07, 6.45) is 7.80. The normalized spacial score (nSPS) is 14.9. The molecular weight excluding hydrogens is 492 g/mol. The highest BCUT2D eigenvalue weighted by Crippen LogP contribution is 2.19. The fraction of sp³-hybridized carbons (Fsp3) is 0.438. The van der Waals surface area contributed by atoms with Gasteiger partial charge in [-0.25, -0.2) is 0 Å². The number of benzene rings is 2. The zero-order valence-electron chi connectivity index (χ0n) is 22.5. The van der Waals surface area contributed by atoms with Gasteiger partial charge < -0.3 is 14.5 Å². The number of hydrogen-bond donors (Lipinski definition) is 0. The Morgan fingerprint density at radius 2 is 1.71 bits per heavy atom. The van der Waals surface area contributed by atoms with Gasteiger partial charge in [-0.1, -0.05) is 74.7 Å². The fourth-order valence-electron chi connectivity index (χ4n) is 4.90. The fourth-order valence-corrected chi connectivity index (χ4v) is 5.62. The molecule has 0 bridgehead atoms. The number of thiophene rings is 1. The third-order valence-corrected chi connectivity index (χ3v) is 7.94. The van der Waals surface area contributed by atoms with Crippen molar-refractivity contribution >= 4 is 23.2 Å². The summed E-state index contributed by atoms with van der Waals surface area (Å²) in [7, 11) is 0. The molecule has 202 valence electrons. The number of unbranched alkanes of at least 4 members (excludes halogenated alkanes) is 3. The molecule has 1 saturated heterocycles. The van der Waals surface area contributed by atoms with E-state index in [0.29, 0.717) is 31.8 Å². The van der Waals surface area contributed by atoms with Crippen LogP contribution in [-0.2, 0) is 29.0 Å². The van der Waals surface area contributed by atoms with Crippen molar-refractivity contribution < 1.29 is 14.3 Å². The van der Waals surface area contributed by atoms with Crippen LogP contribution in [0.15, 0.2) is 72.1 Å². The van der Waals surface area contributed by atoms with Crippen LogP contribution in [0.3, 0.4) is 0 Å². The van der Waals surface area contributed by atoms with Gasteiger partial charge in [0.05, 0.1) is 12.6 Å². The molecule has 1 atom stereocenters. The lowest BCUT2D eigenvalue weighted by atomic mass is 10.0. The smallest absolute Gasteiger partial charge is 0.254 e. The van der Waals surface area contributed by atoms with E-state index < -0.39 is 0 Å². The summed E-state index contributed by atoms with van der Waals surface area (Å²) < 4.78 is 5.86. The Labute approximate surface area is 231 Å². The number of amides is 2. The van der Waals surface area contributed by atoms with Crippen LogP contribution in [0.2, 0.25) is 0 Å². The standard InChI is InChI=1S/C32H40N2O3S/c1-2-3-4-6-11-26-16-18-28(19-17-26)32(36)34(23-29-14-9-20-37-29)25-31(35)33(24-30-15-10-21-38-30)22-27-12-7-5-8-13-27/h5,7-8,10,12-13,15-19,21,29H,2-4,6,9,11,14,20,22-25H2,1H3. The molecule has 0 radical (unpaired) electrons. The van der Waals surface area contributed by atoms with Gasteiger partial charge in [-0.2, -0.15) is 0 Å². The molecule has 6 heteroatoms. The number of rotatable bonds is 14. The molecule has 0 saturated carbocycles. The minimum absolute atomic E-state index is 0.0236. The van der Waals surface area contributed by atoms with Gasteiger partial charge in [0.1, 0.15) is 6.54 Å². The van der Waals surface area contributed by atoms with Gasteiger partial charge >= 0.3 is 0 Å². The molecule has 1 aliphatic heterocycles. The lowest BCUT2D eigenvalue weighted by molar-refractivity contribution is -0.133. The number of ether oxygens (including phenoxy) is 1. The molecule has 0 spiro atoms. The topological polar surface area (TPSA) is 49.9 Å². The second-order valence-electron chi connectivity index (χ2n) is 10.1. The molecule has 1 aromatic heterocycles. The third-order valence-electron chi connectivity index (χ3n) is 7.08. The van der Waals surface area contributed by atoms with Crippen molar-refractivity contribution in [2.75, 3.05) is 19.7 Å². The average Bonchev–Trinajstić information content (AvgIpc) is 3.66. The van der Waals surface area contributed by atoms with Crippen LogP contribution < -0.4 is 0 Å². The Morgan fingerprint density at radius 3 is 2.39 bits per heavy atom. The minimum atomic E-state index is -0.109. The quantitative estimate of drug-likeness (QED) is 0.217. The summed E-state index contributed by atoms with van der Waals surface area (Å²) in [6, 6.07) is 22.0. The number of aryl methyl sites for hydroxylation is 1.